The van der Waals surface area contributed by atoms with Crippen molar-refractivity contribution in [3.63, 3.8) is 0 Å². The van der Waals surface area contributed by atoms with Crippen LogP contribution in [0.25, 0.3) is 0 Å². The van der Waals surface area contributed by atoms with Crippen molar-refractivity contribution < 1.29 is 54.4 Å². The molecule has 0 amide bonds. The summed E-state index contributed by atoms with van der Waals surface area (Å²) in [6.45, 7) is 2.56. The van der Waals surface area contributed by atoms with E-state index < -0.39 is 83.5 Å². The van der Waals surface area contributed by atoms with Crippen LogP contribution in [0.15, 0.2) is 18.2 Å². The van der Waals surface area contributed by atoms with Crippen molar-refractivity contribution in [3.8, 4) is 17.2 Å². The third kappa shape index (κ3) is 5.51. The summed E-state index contributed by atoms with van der Waals surface area (Å²) in [6, 6.07) is 4.19. The van der Waals surface area contributed by atoms with E-state index in [1.165, 1.54) is 25.3 Å². The van der Waals surface area contributed by atoms with Gasteiger partial charge in [-0.2, -0.15) is 0 Å². The second-order valence-corrected chi connectivity index (χ2v) is 12.3. The molecule has 2 aromatic rings. The number of carbonyl (C=O) groups is 2. The molecule has 0 aromatic heterocycles. The summed E-state index contributed by atoms with van der Waals surface area (Å²) in [6.07, 6.45) is -2.60. The fraction of sp³-hybridized carbons (Fsp3) is 0.562. The molecule has 246 valence electrons. The molecule has 1 unspecified atom stereocenters. The van der Waals surface area contributed by atoms with Crippen molar-refractivity contribution in [1.82, 2.24) is 4.90 Å². The summed E-state index contributed by atoms with van der Waals surface area (Å²) in [5, 5.41) is 66.2. The minimum absolute atomic E-state index is 0. The normalized spacial score (nSPS) is 30.5. The second kappa shape index (κ2) is 12.8. The predicted molar refractivity (Wildman–Crippen MR) is 161 cm³/mol. The molecular formula is C32H40ClNO11. The molecule has 2 heterocycles. The molecule has 2 aliphatic heterocycles. The van der Waals surface area contributed by atoms with Gasteiger partial charge in [-0.15, -0.1) is 12.4 Å². The average molecular weight is 650 g/mol. The molecule has 13 heteroatoms. The van der Waals surface area contributed by atoms with Gasteiger partial charge in [-0.25, -0.2) is 0 Å². The Kier molecular flexibility index (Phi) is 9.52. The Hall–Kier alpha value is -2.81. The highest BCUT2D eigenvalue weighted by atomic mass is 35.5. The Morgan fingerprint density at radius 3 is 2.42 bits per heavy atom. The van der Waals surface area contributed by atoms with E-state index in [0.717, 1.165) is 32.4 Å². The van der Waals surface area contributed by atoms with E-state index in [1.54, 1.807) is 6.92 Å². The standard InChI is InChI=1S/C32H39NO11.ClH/c1-15-27(36)18(33-9-4-3-5-10-33)11-22(43-15)44-20-13-32(41,21(35)14-34)12-17-24(20)31(40)26-25(29(17)38)28(37)16-7-6-8-19(42-2)23(16)30(26)39;/h6-8,15,18,20-22,27,34-36,38,40-41H,3-5,9-14H2,1-2H3;1H/t15-,18-,20-,21?,22-,27+,32-;/m0./s1. The van der Waals surface area contributed by atoms with Gasteiger partial charge in [0.25, 0.3) is 0 Å². The summed E-state index contributed by atoms with van der Waals surface area (Å²) in [5.74, 6) is -2.54. The molecule has 4 aliphatic rings. The predicted octanol–water partition coefficient (Wildman–Crippen LogP) is 1.74. The zero-order chi connectivity index (χ0) is 31.5. The van der Waals surface area contributed by atoms with Crippen molar-refractivity contribution >= 4 is 24.0 Å². The number of piperidine rings is 1. The largest absolute Gasteiger partial charge is 0.507 e. The SMILES string of the molecule is COc1cccc2c1C(=O)c1c(O)c3c(c(O)c1C2=O)C[C@@](O)(C(O)CO)C[C@@H]3O[C@H]1C[C@H](N2CCCCC2)[C@H](O)[C@H](C)O1.Cl. The topological polar surface area (TPSA) is 186 Å². The molecule has 0 spiro atoms. The number of nitrogens with zero attached hydrogens (tertiary/aromatic N) is 1. The summed E-state index contributed by atoms with van der Waals surface area (Å²) >= 11 is 0. The monoisotopic (exact) mass is 649 g/mol. The van der Waals surface area contributed by atoms with E-state index in [1.807, 2.05) is 0 Å². The molecule has 2 fully saturated rings. The number of phenolic OH excluding ortho intramolecular Hbond substituents is 2. The first-order valence-corrected chi connectivity index (χ1v) is 15.1. The van der Waals surface area contributed by atoms with Crippen molar-refractivity contribution in [1.29, 1.82) is 0 Å². The van der Waals surface area contributed by atoms with Gasteiger partial charge in [-0.05, 0) is 38.9 Å². The number of rotatable bonds is 6. The van der Waals surface area contributed by atoms with Crippen molar-refractivity contribution in [2.24, 2.45) is 0 Å². The van der Waals surface area contributed by atoms with Crippen molar-refractivity contribution in [3.05, 3.63) is 51.6 Å². The number of hydrogen-bond acceptors (Lipinski definition) is 12. The Balaban J connectivity index is 0.00000400. The number of fused-ring (bicyclic) bond motifs is 3. The quantitative estimate of drug-likeness (QED) is 0.213. The van der Waals surface area contributed by atoms with Crippen molar-refractivity contribution in [2.75, 3.05) is 26.8 Å². The zero-order valence-electron chi connectivity index (χ0n) is 25.1. The molecule has 2 saturated heterocycles. The maximum Gasteiger partial charge on any atom is 0.202 e. The number of halogens is 1. The first kappa shape index (κ1) is 33.6. The van der Waals surface area contributed by atoms with E-state index in [4.69, 9.17) is 14.2 Å². The minimum Gasteiger partial charge on any atom is -0.507 e. The molecule has 0 bridgehead atoms. The Morgan fingerprint density at radius 2 is 1.76 bits per heavy atom. The minimum atomic E-state index is -2.03. The van der Waals surface area contributed by atoms with Crippen LogP contribution in [0.3, 0.4) is 0 Å². The molecule has 2 aromatic carbocycles. The van der Waals surface area contributed by atoms with Gasteiger partial charge in [-0.1, -0.05) is 18.6 Å². The Bertz CT molecular complexity index is 1480. The lowest BCUT2D eigenvalue weighted by Crippen LogP contribution is -2.57. The molecule has 0 saturated carbocycles. The first-order valence-electron chi connectivity index (χ1n) is 15.1. The summed E-state index contributed by atoms with van der Waals surface area (Å²) in [4.78, 5) is 29.7. The highest BCUT2D eigenvalue weighted by Crippen LogP contribution is 2.53. The molecule has 0 radical (unpaired) electrons. The number of methoxy groups -OCH3 is 1. The first-order chi connectivity index (χ1) is 21.0. The number of aliphatic hydroxyl groups is 4. The third-order valence-corrected chi connectivity index (χ3v) is 9.75. The van der Waals surface area contributed by atoms with Crippen molar-refractivity contribution in [2.45, 2.75) is 87.8 Å². The fourth-order valence-corrected chi connectivity index (χ4v) is 7.40. The smallest absolute Gasteiger partial charge is 0.202 e. The molecule has 6 rings (SSSR count). The van der Waals surface area contributed by atoms with Crippen LogP contribution in [0.4, 0.5) is 0 Å². The number of benzene rings is 2. The lowest BCUT2D eigenvalue weighted by Gasteiger charge is -2.47. The lowest BCUT2D eigenvalue weighted by atomic mass is 9.71. The molecule has 7 atom stereocenters. The molecule has 6 N–H and O–H groups in total. The van der Waals surface area contributed by atoms with Gasteiger partial charge >= 0.3 is 0 Å². The van der Waals surface area contributed by atoms with E-state index in [0.29, 0.717) is 0 Å². The number of hydrogen-bond donors (Lipinski definition) is 6. The summed E-state index contributed by atoms with van der Waals surface area (Å²) in [7, 11) is 1.35. The molecular weight excluding hydrogens is 610 g/mol. The van der Waals surface area contributed by atoms with Crippen LogP contribution in [0.2, 0.25) is 0 Å². The second-order valence-electron chi connectivity index (χ2n) is 12.3. The van der Waals surface area contributed by atoms with Gasteiger partial charge in [0.15, 0.2) is 12.1 Å². The number of aliphatic hydroxyl groups excluding tert-OH is 3. The highest BCUT2D eigenvalue weighted by molar-refractivity contribution is 6.31. The van der Waals surface area contributed by atoms with Gasteiger partial charge < -0.3 is 44.8 Å². The fourth-order valence-electron chi connectivity index (χ4n) is 7.40. The lowest BCUT2D eigenvalue weighted by molar-refractivity contribution is -0.262. The molecule has 45 heavy (non-hydrogen) atoms. The average Bonchev–Trinajstić information content (AvgIpc) is 3.02. The number of ether oxygens (including phenoxy) is 3. The Morgan fingerprint density at radius 1 is 1.07 bits per heavy atom. The maximum atomic E-state index is 13.8. The van der Waals surface area contributed by atoms with Gasteiger partial charge in [0, 0.05) is 42.0 Å². The van der Waals surface area contributed by atoms with Crippen LogP contribution in [0, 0.1) is 0 Å². The van der Waals surface area contributed by atoms with Crippen LogP contribution < -0.4 is 4.74 Å². The van der Waals surface area contributed by atoms with Gasteiger partial charge in [-0.3, -0.25) is 14.5 Å². The van der Waals surface area contributed by atoms with E-state index in [9.17, 15) is 40.2 Å². The van der Waals surface area contributed by atoms with Crippen LogP contribution in [-0.4, -0.2) is 110 Å². The van der Waals surface area contributed by atoms with Gasteiger partial charge in [0.1, 0.15) is 23.4 Å². The van der Waals surface area contributed by atoms with Crippen LogP contribution in [0.1, 0.15) is 88.1 Å². The number of aromatic hydroxyl groups is 2. The van der Waals surface area contributed by atoms with E-state index >= 15 is 0 Å². The number of ketones is 2. The van der Waals surface area contributed by atoms with Gasteiger partial charge in [0.2, 0.25) is 5.78 Å². The maximum absolute atomic E-state index is 13.8. The Labute approximate surface area is 266 Å². The van der Waals surface area contributed by atoms with Gasteiger partial charge in [0.05, 0.1) is 54.3 Å². The number of carbonyl (C=O) groups excluding carboxylic acids is 2. The van der Waals surface area contributed by atoms with Crippen LogP contribution in [0.5, 0.6) is 17.2 Å². The number of likely N-dealkylation sites (tertiary alicyclic amines) is 1. The highest BCUT2D eigenvalue weighted by Gasteiger charge is 2.50. The van der Waals surface area contributed by atoms with Crippen LogP contribution in [-0.2, 0) is 15.9 Å². The number of phenols is 2. The summed E-state index contributed by atoms with van der Waals surface area (Å²) < 4.78 is 17.7. The summed E-state index contributed by atoms with van der Waals surface area (Å²) in [5.41, 5.74) is -3.04. The van der Waals surface area contributed by atoms with E-state index in [-0.39, 0.29) is 59.3 Å². The molecule has 2 aliphatic carbocycles. The third-order valence-electron chi connectivity index (χ3n) is 9.75. The van der Waals surface area contributed by atoms with Crippen LogP contribution >= 0.6 is 12.4 Å². The zero-order valence-corrected chi connectivity index (χ0v) is 26.0. The van der Waals surface area contributed by atoms with E-state index in [2.05, 4.69) is 4.90 Å². The molecule has 12 nitrogen and oxygen atoms in total.